The number of urea groups is 1. The number of benzene rings is 1. The number of hydrogen-bond acceptors (Lipinski definition) is 3. The lowest BCUT2D eigenvalue weighted by atomic mass is 9.86. The number of imide groups is 1. The summed E-state index contributed by atoms with van der Waals surface area (Å²) in [6.45, 7) is 11.0. The predicted octanol–water partition coefficient (Wildman–Crippen LogP) is 4.14. The summed E-state index contributed by atoms with van der Waals surface area (Å²) in [5.74, 6) is -0.0360. The molecule has 0 atom stereocenters. The Bertz CT molecular complexity index is 761. The van der Waals surface area contributed by atoms with Crippen LogP contribution in [0.25, 0.3) is 5.57 Å². The molecule has 0 aromatic heterocycles. The van der Waals surface area contributed by atoms with E-state index in [9.17, 15) is 9.59 Å². The maximum absolute atomic E-state index is 12.3. The molecule has 2 heterocycles. The summed E-state index contributed by atoms with van der Waals surface area (Å²) < 4.78 is 0. The molecule has 0 N–H and O–H groups in total. The van der Waals surface area contributed by atoms with E-state index in [-0.39, 0.29) is 17.4 Å². The highest BCUT2D eigenvalue weighted by Crippen LogP contribution is 2.27. The predicted molar refractivity (Wildman–Crippen MR) is 118 cm³/mol. The number of carbonyl (C=O) groups is 2. The zero-order valence-electron chi connectivity index (χ0n) is 18.4. The summed E-state index contributed by atoms with van der Waals surface area (Å²) in [5, 5.41) is 0. The van der Waals surface area contributed by atoms with Gasteiger partial charge in [0.15, 0.2) is 0 Å². The van der Waals surface area contributed by atoms with Crippen LogP contribution in [0.2, 0.25) is 0 Å². The van der Waals surface area contributed by atoms with Crippen molar-refractivity contribution in [3.63, 3.8) is 0 Å². The minimum Gasteiger partial charge on any atom is -0.327 e. The van der Waals surface area contributed by atoms with Gasteiger partial charge in [-0.1, -0.05) is 51.1 Å². The van der Waals surface area contributed by atoms with E-state index in [4.69, 9.17) is 0 Å². The number of nitrogens with zero attached hydrogens (tertiary/aromatic N) is 3. The lowest BCUT2D eigenvalue weighted by Gasteiger charge is -2.28. The first-order valence-corrected chi connectivity index (χ1v) is 10.8. The molecule has 5 nitrogen and oxygen atoms in total. The molecule has 0 saturated carbocycles. The van der Waals surface area contributed by atoms with Crippen molar-refractivity contribution in [1.82, 2.24) is 14.7 Å². The summed E-state index contributed by atoms with van der Waals surface area (Å²) in [6, 6.07) is 8.86. The maximum atomic E-state index is 12.3. The van der Waals surface area contributed by atoms with Crippen molar-refractivity contribution in [2.24, 2.45) is 0 Å². The van der Waals surface area contributed by atoms with Crippen LogP contribution in [-0.2, 0) is 10.2 Å². The van der Waals surface area contributed by atoms with E-state index in [0.29, 0.717) is 19.5 Å². The van der Waals surface area contributed by atoms with Crippen molar-refractivity contribution in [2.75, 3.05) is 39.8 Å². The molecule has 0 spiro atoms. The smallest absolute Gasteiger partial charge is 0.326 e. The fourth-order valence-electron chi connectivity index (χ4n) is 4.04. The molecule has 0 aliphatic carbocycles. The molecule has 2 aliphatic heterocycles. The molecule has 1 saturated heterocycles. The fraction of sp³-hybridized carbons (Fsp3) is 0.583. The van der Waals surface area contributed by atoms with Gasteiger partial charge in [0, 0.05) is 46.2 Å². The Kier molecular flexibility index (Phi) is 6.78. The van der Waals surface area contributed by atoms with E-state index >= 15 is 0 Å². The number of carbonyl (C=O) groups excluding carboxylic acids is 2. The minimum absolute atomic E-state index is 0.0360. The molecular weight excluding hydrogens is 362 g/mol. The first kappa shape index (κ1) is 21.6. The first-order chi connectivity index (χ1) is 13.8. The lowest BCUT2D eigenvalue weighted by Crippen LogP contribution is -2.42. The third-order valence-electron chi connectivity index (χ3n) is 6.01. The summed E-state index contributed by atoms with van der Waals surface area (Å²) in [6.07, 6.45) is 5.62. The Morgan fingerprint density at radius 3 is 2.38 bits per heavy atom. The van der Waals surface area contributed by atoms with Gasteiger partial charge in [-0.05, 0) is 41.4 Å². The van der Waals surface area contributed by atoms with Crippen molar-refractivity contribution in [1.29, 1.82) is 0 Å². The van der Waals surface area contributed by atoms with Crippen LogP contribution < -0.4 is 0 Å². The second-order valence-electron chi connectivity index (χ2n) is 9.31. The van der Waals surface area contributed by atoms with Gasteiger partial charge in [0.05, 0.1) is 0 Å². The monoisotopic (exact) mass is 397 g/mol. The zero-order chi connectivity index (χ0) is 21.0. The zero-order valence-corrected chi connectivity index (χ0v) is 18.4. The number of rotatable bonds is 5. The summed E-state index contributed by atoms with van der Waals surface area (Å²) in [4.78, 5) is 29.6. The third-order valence-corrected chi connectivity index (χ3v) is 6.01. The highest BCUT2D eigenvalue weighted by atomic mass is 16.2. The highest BCUT2D eigenvalue weighted by molar-refractivity contribution is 5.95. The van der Waals surface area contributed by atoms with Gasteiger partial charge in [0.2, 0.25) is 5.91 Å². The number of hydrogen-bond donors (Lipinski definition) is 0. The van der Waals surface area contributed by atoms with Crippen molar-refractivity contribution in [3.05, 3.63) is 41.5 Å². The van der Waals surface area contributed by atoms with E-state index in [1.807, 2.05) is 0 Å². The molecule has 5 heteroatoms. The summed E-state index contributed by atoms with van der Waals surface area (Å²) in [5.41, 5.74) is 4.32. The molecule has 158 valence electrons. The van der Waals surface area contributed by atoms with E-state index in [2.05, 4.69) is 56.0 Å². The van der Waals surface area contributed by atoms with Gasteiger partial charge in [0.1, 0.15) is 0 Å². The lowest BCUT2D eigenvalue weighted by molar-refractivity contribution is -0.125. The standard InChI is InChI=1S/C24H35N3O2/c1-24(2,3)21-10-8-19(9-11-21)20-12-17-26(18-13-20)15-6-14-25(4)23(29)27-16-5-7-22(27)28/h8-12H,5-7,13-18H2,1-4H3. The molecule has 0 bridgehead atoms. The molecule has 29 heavy (non-hydrogen) atoms. The van der Waals surface area contributed by atoms with Crippen molar-refractivity contribution in [3.8, 4) is 0 Å². The van der Waals surface area contributed by atoms with Crippen LogP contribution in [0.5, 0.6) is 0 Å². The van der Waals surface area contributed by atoms with Gasteiger partial charge < -0.3 is 4.90 Å². The molecule has 0 unspecified atom stereocenters. The molecule has 3 amide bonds. The fourth-order valence-corrected chi connectivity index (χ4v) is 4.04. The SMILES string of the molecule is CN(CCCN1CC=C(c2ccc(C(C)(C)C)cc2)CC1)C(=O)N1CCCC1=O. The van der Waals surface area contributed by atoms with Gasteiger partial charge in [-0.2, -0.15) is 0 Å². The quantitative estimate of drug-likeness (QED) is 0.750. The van der Waals surface area contributed by atoms with Crippen LogP contribution in [0.15, 0.2) is 30.3 Å². The van der Waals surface area contributed by atoms with Crippen molar-refractivity contribution in [2.45, 2.75) is 51.9 Å². The average Bonchev–Trinajstić information content (AvgIpc) is 3.13. The Labute approximate surface area is 175 Å². The molecular formula is C24H35N3O2. The Morgan fingerprint density at radius 2 is 1.83 bits per heavy atom. The Morgan fingerprint density at radius 1 is 1.10 bits per heavy atom. The molecule has 3 rings (SSSR count). The van der Waals surface area contributed by atoms with Crippen molar-refractivity contribution < 1.29 is 9.59 Å². The molecule has 0 radical (unpaired) electrons. The normalized spacial score (nSPS) is 18.1. The first-order valence-electron chi connectivity index (χ1n) is 10.8. The second-order valence-corrected chi connectivity index (χ2v) is 9.31. The molecule has 1 fully saturated rings. The van der Waals surface area contributed by atoms with E-state index in [1.54, 1.807) is 11.9 Å². The van der Waals surface area contributed by atoms with Gasteiger partial charge >= 0.3 is 6.03 Å². The van der Waals surface area contributed by atoms with Crippen LogP contribution in [-0.4, -0.2) is 66.4 Å². The van der Waals surface area contributed by atoms with E-state index in [1.165, 1.54) is 21.6 Å². The Balaban J connectivity index is 1.44. The largest absolute Gasteiger partial charge is 0.327 e. The summed E-state index contributed by atoms with van der Waals surface area (Å²) >= 11 is 0. The van der Waals surface area contributed by atoms with Crippen LogP contribution >= 0.6 is 0 Å². The van der Waals surface area contributed by atoms with Crippen LogP contribution in [0.3, 0.4) is 0 Å². The van der Waals surface area contributed by atoms with E-state index < -0.39 is 0 Å². The summed E-state index contributed by atoms with van der Waals surface area (Å²) in [7, 11) is 1.80. The Hall–Kier alpha value is -2.14. The third kappa shape index (κ3) is 5.47. The van der Waals surface area contributed by atoms with Crippen LogP contribution in [0.4, 0.5) is 4.79 Å². The minimum atomic E-state index is -0.146. The highest BCUT2D eigenvalue weighted by Gasteiger charge is 2.28. The molecule has 1 aromatic carbocycles. The topological polar surface area (TPSA) is 43.9 Å². The van der Waals surface area contributed by atoms with Crippen LogP contribution in [0.1, 0.15) is 57.6 Å². The van der Waals surface area contributed by atoms with Crippen LogP contribution in [0, 0.1) is 0 Å². The average molecular weight is 398 g/mol. The van der Waals surface area contributed by atoms with Crippen molar-refractivity contribution >= 4 is 17.5 Å². The molecule has 1 aromatic rings. The maximum Gasteiger partial charge on any atom is 0.326 e. The van der Waals surface area contributed by atoms with Gasteiger partial charge in [0.25, 0.3) is 0 Å². The van der Waals surface area contributed by atoms with Gasteiger partial charge in [-0.25, -0.2) is 4.79 Å². The van der Waals surface area contributed by atoms with Gasteiger partial charge in [-0.3, -0.25) is 14.6 Å². The van der Waals surface area contributed by atoms with E-state index in [0.717, 1.165) is 38.9 Å². The van der Waals surface area contributed by atoms with Gasteiger partial charge in [-0.15, -0.1) is 0 Å². The second kappa shape index (κ2) is 9.12. The number of amides is 3. The molecule has 2 aliphatic rings. The number of likely N-dealkylation sites (tertiary alicyclic amines) is 1.